The van der Waals surface area contributed by atoms with Crippen LogP contribution < -0.4 is 4.90 Å². The molecule has 0 amide bonds. The van der Waals surface area contributed by atoms with Crippen LogP contribution in [0.4, 0.5) is 17.1 Å². The van der Waals surface area contributed by atoms with Gasteiger partial charge >= 0.3 is 0 Å². The Morgan fingerprint density at radius 2 is 0.364 bits per heavy atom. The Morgan fingerprint density at radius 3 is 0.600 bits per heavy atom. The molecule has 0 aliphatic heterocycles. The molecule has 9 aromatic carbocycles. The first-order chi connectivity index (χ1) is 27.2. The van der Waals surface area contributed by atoms with Gasteiger partial charge in [-0.15, -0.1) is 0 Å². The van der Waals surface area contributed by atoms with Crippen LogP contribution in [0.3, 0.4) is 0 Å². The molecule has 0 atom stereocenters. The third-order valence-corrected chi connectivity index (χ3v) is 10.3. The van der Waals surface area contributed by atoms with Crippen LogP contribution in [0, 0.1) is 0 Å². The van der Waals surface area contributed by atoms with Crippen molar-refractivity contribution in [2.24, 2.45) is 0 Å². The zero-order valence-corrected chi connectivity index (χ0v) is 30.5. The molecule has 0 fully saturated rings. The lowest BCUT2D eigenvalue weighted by Crippen LogP contribution is -2.09. The van der Waals surface area contributed by atoms with Crippen LogP contribution in [0.15, 0.2) is 237 Å². The van der Waals surface area contributed by atoms with Crippen LogP contribution in [0.1, 0.15) is 0 Å². The molecule has 0 aliphatic carbocycles. The molecular weight excluding hydrogens is 663 g/mol. The van der Waals surface area contributed by atoms with E-state index in [2.05, 4.69) is 241 Å². The van der Waals surface area contributed by atoms with Crippen molar-refractivity contribution in [1.29, 1.82) is 0 Å². The van der Waals surface area contributed by atoms with Crippen molar-refractivity contribution in [3.8, 4) is 66.8 Å². The second kappa shape index (κ2) is 15.4. The largest absolute Gasteiger partial charge is 0.311 e. The summed E-state index contributed by atoms with van der Waals surface area (Å²) >= 11 is 0. The molecule has 1 nitrogen and oxygen atoms in total. The summed E-state index contributed by atoms with van der Waals surface area (Å²) < 4.78 is 0. The fourth-order valence-electron chi connectivity index (χ4n) is 7.38. The summed E-state index contributed by atoms with van der Waals surface area (Å²) in [5.74, 6) is 0. The highest BCUT2D eigenvalue weighted by molar-refractivity contribution is 5.83. The summed E-state index contributed by atoms with van der Waals surface area (Å²) in [6.45, 7) is 0. The lowest BCUT2D eigenvalue weighted by Gasteiger charge is -2.26. The maximum absolute atomic E-state index is 2.35. The average molecular weight is 702 g/mol. The number of hydrogen-bond acceptors (Lipinski definition) is 1. The van der Waals surface area contributed by atoms with Gasteiger partial charge in [-0.1, -0.05) is 182 Å². The molecule has 9 aromatic rings. The Hall–Kier alpha value is -7.22. The van der Waals surface area contributed by atoms with E-state index in [1.165, 1.54) is 66.8 Å². The van der Waals surface area contributed by atoms with Gasteiger partial charge in [0, 0.05) is 17.1 Å². The van der Waals surface area contributed by atoms with Gasteiger partial charge in [-0.05, 0) is 121 Å². The van der Waals surface area contributed by atoms with Gasteiger partial charge in [0.15, 0.2) is 0 Å². The third-order valence-electron chi connectivity index (χ3n) is 10.3. The van der Waals surface area contributed by atoms with Crippen molar-refractivity contribution < 1.29 is 0 Å². The fourth-order valence-corrected chi connectivity index (χ4v) is 7.38. The lowest BCUT2D eigenvalue weighted by atomic mass is 9.98. The van der Waals surface area contributed by atoms with E-state index in [1.54, 1.807) is 0 Å². The molecule has 0 spiro atoms. The zero-order chi connectivity index (χ0) is 36.8. The van der Waals surface area contributed by atoms with Gasteiger partial charge in [0.2, 0.25) is 0 Å². The van der Waals surface area contributed by atoms with Crippen LogP contribution in [0.25, 0.3) is 66.8 Å². The van der Waals surface area contributed by atoms with E-state index in [-0.39, 0.29) is 0 Å². The molecule has 260 valence electrons. The summed E-state index contributed by atoms with van der Waals surface area (Å²) in [6, 6.07) is 84.9. The fraction of sp³-hybridized carbons (Fsp3) is 0. The van der Waals surface area contributed by atoms with Gasteiger partial charge in [0.1, 0.15) is 0 Å². The van der Waals surface area contributed by atoms with E-state index in [4.69, 9.17) is 0 Å². The first kappa shape index (κ1) is 33.6. The van der Waals surface area contributed by atoms with Crippen molar-refractivity contribution >= 4 is 17.1 Å². The molecule has 0 saturated heterocycles. The third kappa shape index (κ3) is 7.38. The number of benzene rings is 9. The molecular formula is C54H39N. The predicted octanol–water partition coefficient (Wildman–Crippen LogP) is 15.2. The monoisotopic (exact) mass is 701 g/mol. The molecule has 0 bridgehead atoms. The lowest BCUT2D eigenvalue weighted by molar-refractivity contribution is 1.28. The highest BCUT2D eigenvalue weighted by atomic mass is 15.1. The van der Waals surface area contributed by atoms with Gasteiger partial charge in [0.05, 0.1) is 0 Å². The quantitative estimate of drug-likeness (QED) is 0.145. The Morgan fingerprint density at radius 1 is 0.164 bits per heavy atom. The summed E-state index contributed by atoms with van der Waals surface area (Å²) in [6.07, 6.45) is 0. The van der Waals surface area contributed by atoms with Gasteiger partial charge in [0.25, 0.3) is 0 Å². The van der Waals surface area contributed by atoms with Crippen molar-refractivity contribution in [3.63, 3.8) is 0 Å². The van der Waals surface area contributed by atoms with Crippen molar-refractivity contribution in [2.45, 2.75) is 0 Å². The first-order valence-corrected chi connectivity index (χ1v) is 18.8. The summed E-state index contributed by atoms with van der Waals surface area (Å²) in [7, 11) is 0. The zero-order valence-electron chi connectivity index (χ0n) is 30.5. The van der Waals surface area contributed by atoms with Crippen LogP contribution in [-0.2, 0) is 0 Å². The van der Waals surface area contributed by atoms with Crippen LogP contribution >= 0.6 is 0 Å². The van der Waals surface area contributed by atoms with Gasteiger partial charge < -0.3 is 4.90 Å². The minimum Gasteiger partial charge on any atom is -0.311 e. The summed E-state index contributed by atoms with van der Waals surface area (Å²) in [4.78, 5) is 2.35. The normalized spacial score (nSPS) is 10.9. The summed E-state index contributed by atoms with van der Waals surface area (Å²) in [5.41, 5.74) is 17.7. The molecule has 1 heteroatoms. The molecule has 0 N–H and O–H groups in total. The Bertz CT molecular complexity index is 2340. The van der Waals surface area contributed by atoms with E-state index < -0.39 is 0 Å². The molecule has 0 unspecified atom stereocenters. The Kier molecular flexibility index (Phi) is 9.41. The summed E-state index contributed by atoms with van der Waals surface area (Å²) in [5, 5.41) is 0. The second-order valence-electron chi connectivity index (χ2n) is 13.8. The molecule has 55 heavy (non-hydrogen) atoms. The van der Waals surface area contributed by atoms with Crippen molar-refractivity contribution in [3.05, 3.63) is 237 Å². The number of rotatable bonds is 9. The predicted molar refractivity (Wildman–Crippen MR) is 234 cm³/mol. The molecule has 0 saturated carbocycles. The minimum atomic E-state index is 1.10. The van der Waals surface area contributed by atoms with E-state index in [0.717, 1.165) is 17.1 Å². The molecule has 9 rings (SSSR count). The first-order valence-electron chi connectivity index (χ1n) is 18.8. The Balaban J connectivity index is 1.06. The minimum absolute atomic E-state index is 1.10. The number of hydrogen-bond donors (Lipinski definition) is 0. The van der Waals surface area contributed by atoms with Crippen molar-refractivity contribution in [2.75, 3.05) is 4.90 Å². The SMILES string of the molecule is c1ccc(-c2cccc(-c3ccc(N(c4ccc(-c5cccc(-c6ccccc6)c5)cc4)c4ccc(-c5cccc(-c6ccccc6)c5)cc4)cc3)c2)cc1. The molecule has 0 radical (unpaired) electrons. The smallest absolute Gasteiger partial charge is 0.0462 e. The maximum Gasteiger partial charge on any atom is 0.0462 e. The van der Waals surface area contributed by atoms with Gasteiger partial charge in [-0.3, -0.25) is 0 Å². The van der Waals surface area contributed by atoms with E-state index in [1.807, 2.05) is 0 Å². The average Bonchev–Trinajstić information content (AvgIpc) is 3.28. The van der Waals surface area contributed by atoms with Crippen LogP contribution in [-0.4, -0.2) is 0 Å². The Labute approximate surface area is 324 Å². The van der Waals surface area contributed by atoms with E-state index >= 15 is 0 Å². The van der Waals surface area contributed by atoms with Gasteiger partial charge in [-0.25, -0.2) is 0 Å². The molecule has 0 heterocycles. The maximum atomic E-state index is 2.35. The number of nitrogens with zero attached hydrogens (tertiary/aromatic N) is 1. The molecule has 0 aliphatic rings. The van der Waals surface area contributed by atoms with E-state index in [9.17, 15) is 0 Å². The van der Waals surface area contributed by atoms with Crippen molar-refractivity contribution in [1.82, 2.24) is 0 Å². The number of anilines is 3. The topological polar surface area (TPSA) is 3.24 Å². The van der Waals surface area contributed by atoms with Crippen LogP contribution in [0.2, 0.25) is 0 Å². The highest BCUT2D eigenvalue weighted by Gasteiger charge is 2.15. The standard InChI is InChI=1S/C54H39N/c1-4-13-40(14-5-1)46-19-10-22-49(37-46)43-25-31-52(32-26-43)55(53-33-27-44(28-34-53)50-23-11-20-47(38-50)41-15-6-2-7-16-41)54-35-29-45(30-36-54)51-24-12-21-48(39-51)42-17-8-3-9-18-42/h1-39H. The molecule has 0 aromatic heterocycles. The second-order valence-corrected chi connectivity index (χ2v) is 13.8. The van der Waals surface area contributed by atoms with Gasteiger partial charge in [-0.2, -0.15) is 0 Å². The van der Waals surface area contributed by atoms with Crippen LogP contribution in [0.5, 0.6) is 0 Å². The highest BCUT2D eigenvalue weighted by Crippen LogP contribution is 2.39. The van der Waals surface area contributed by atoms with E-state index in [0.29, 0.717) is 0 Å².